The van der Waals surface area contributed by atoms with E-state index in [1.54, 1.807) is 61.3 Å². The monoisotopic (exact) mass is 474 g/mol. The van der Waals surface area contributed by atoms with E-state index in [0.717, 1.165) is 5.56 Å². The van der Waals surface area contributed by atoms with Gasteiger partial charge in [-0.05, 0) is 42.0 Å². The number of ether oxygens (including phenoxy) is 2. The van der Waals surface area contributed by atoms with Crippen molar-refractivity contribution in [2.75, 3.05) is 20.0 Å². The molecule has 0 amide bonds. The van der Waals surface area contributed by atoms with E-state index in [2.05, 4.69) is 4.98 Å². The van der Waals surface area contributed by atoms with E-state index in [-0.39, 0.29) is 27.7 Å². The molecule has 0 aliphatic carbocycles. The number of nitrogens with two attached hydrogens (primary N) is 1. The Morgan fingerprint density at radius 2 is 1.50 bits per heavy atom. The second-order valence-electron chi connectivity index (χ2n) is 7.69. The van der Waals surface area contributed by atoms with E-state index in [1.165, 1.54) is 0 Å². The van der Waals surface area contributed by atoms with Gasteiger partial charge in [0.15, 0.2) is 17.1 Å². The lowest BCUT2D eigenvalue weighted by atomic mass is 10.2. The first-order valence-electron chi connectivity index (χ1n) is 10.5. The first-order chi connectivity index (χ1) is 16.4. The number of nitrogen functional groups attached to an aromatic ring is 1. The molecule has 2 aromatic heterocycles. The molecule has 0 unspecified atom stereocenters. The smallest absolute Gasteiger partial charge is 0.212 e. The fourth-order valence-electron chi connectivity index (χ4n) is 3.99. The average molecular weight is 475 g/mol. The largest absolute Gasteiger partial charge is 0.493 e. The van der Waals surface area contributed by atoms with Crippen molar-refractivity contribution in [3.8, 4) is 11.5 Å². The Balaban J connectivity index is 1.77. The predicted octanol–water partition coefficient (Wildman–Crippen LogP) is 4.07. The highest BCUT2D eigenvalue weighted by Crippen LogP contribution is 2.36. The van der Waals surface area contributed by atoms with Crippen molar-refractivity contribution in [2.24, 2.45) is 0 Å². The van der Waals surface area contributed by atoms with Gasteiger partial charge in [0.1, 0.15) is 16.2 Å². The van der Waals surface area contributed by atoms with Crippen molar-refractivity contribution in [3.05, 3.63) is 78.4 Å². The third kappa shape index (κ3) is 3.50. The van der Waals surface area contributed by atoms with Crippen LogP contribution in [0.5, 0.6) is 11.5 Å². The number of para-hydroxylation sites is 2. The molecule has 0 atom stereocenters. The summed E-state index contributed by atoms with van der Waals surface area (Å²) in [5.41, 5.74) is 9.21. The maximum atomic E-state index is 13.7. The first kappa shape index (κ1) is 21.7. The van der Waals surface area contributed by atoms with Gasteiger partial charge in [-0.1, -0.05) is 36.4 Å². The molecule has 0 spiro atoms. The highest BCUT2D eigenvalue weighted by Gasteiger charge is 2.30. The molecule has 172 valence electrons. The van der Waals surface area contributed by atoms with Crippen LogP contribution in [0.4, 0.5) is 5.82 Å². The van der Waals surface area contributed by atoms with E-state index >= 15 is 0 Å². The molecule has 2 N–H and O–H groups in total. The second-order valence-corrected chi connectivity index (χ2v) is 9.58. The number of hydrogen-bond donors (Lipinski definition) is 1. The van der Waals surface area contributed by atoms with Crippen molar-refractivity contribution in [2.45, 2.75) is 16.3 Å². The molecule has 0 aliphatic rings. The Kier molecular flexibility index (Phi) is 5.33. The molecule has 0 saturated carbocycles. The summed E-state index contributed by atoms with van der Waals surface area (Å²) in [4.78, 5) is 9.50. The fraction of sp³-hybridized carbons (Fsp3) is 0.120. The number of anilines is 1. The number of hydrogen-bond acceptors (Lipinski definition) is 7. The van der Waals surface area contributed by atoms with E-state index in [4.69, 9.17) is 20.2 Å². The van der Waals surface area contributed by atoms with Crippen LogP contribution in [0.15, 0.2) is 82.6 Å². The van der Waals surface area contributed by atoms with Gasteiger partial charge in [0.25, 0.3) is 0 Å². The van der Waals surface area contributed by atoms with Gasteiger partial charge in [-0.25, -0.2) is 18.4 Å². The lowest BCUT2D eigenvalue weighted by molar-refractivity contribution is 0.354. The van der Waals surface area contributed by atoms with Crippen LogP contribution in [0, 0.1) is 0 Å². The van der Waals surface area contributed by atoms with Gasteiger partial charge in [0.05, 0.1) is 36.7 Å². The molecule has 34 heavy (non-hydrogen) atoms. The van der Waals surface area contributed by atoms with Gasteiger partial charge in [0, 0.05) is 0 Å². The molecule has 0 saturated heterocycles. The Labute approximate surface area is 196 Å². The summed E-state index contributed by atoms with van der Waals surface area (Å²) in [6.07, 6.45) is 0. The van der Waals surface area contributed by atoms with Crippen molar-refractivity contribution < 1.29 is 17.9 Å². The molecule has 9 heteroatoms. The minimum Gasteiger partial charge on any atom is -0.493 e. The number of sulfone groups is 1. The van der Waals surface area contributed by atoms with Crippen LogP contribution in [-0.4, -0.2) is 37.2 Å². The molecule has 5 rings (SSSR count). The topological polar surface area (TPSA) is 109 Å². The molecule has 3 aromatic carbocycles. The number of methoxy groups -OCH3 is 2. The Morgan fingerprint density at radius 3 is 2.18 bits per heavy atom. The zero-order valence-electron chi connectivity index (χ0n) is 18.6. The van der Waals surface area contributed by atoms with Crippen LogP contribution in [0.3, 0.4) is 0 Å². The zero-order valence-corrected chi connectivity index (χ0v) is 19.4. The minimum absolute atomic E-state index is 0.0487. The maximum absolute atomic E-state index is 13.7. The zero-order chi connectivity index (χ0) is 23.9. The molecular formula is C25H22N4O4S. The van der Waals surface area contributed by atoms with Crippen molar-refractivity contribution >= 4 is 37.9 Å². The molecular weight excluding hydrogens is 452 g/mol. The minimum atomic E-state index is -3.95. The lowest BCUT2D eigenvalue weighted by Crippen LogP contribution is -2.09. The fourth-order valence-corrected chi connectivity index (χ4v) is 5.52. The second kappa shape index (κ2) is 8.35. The number of benzene rings is 3. The summed E-state index contributed by atoms with van der Waals surface area (Å²) in [6.45, 7) is 0.264. The number of aromatic nitrogens is 3. The summed E-state index contributed by atoms with van der Waals surface area (Å²) >= 11 is 0. The summed E-state index contributed by atoms with van der Waals surface area (Å²) in [5, 5.41) is 0. The molecule has 0 bridgehead atoms. The van der Waals surface area contributed by atoms with E-state index in [1.807, 2.05) is 30.3 Å². The number of nitrogens with zero attached hydrogens (tertiary/aromatic N) is 3. The van der Waals surface area contributed by atoms with Crippen LogP contribution in [-0.2, 0) is 16.4 Å². The van der Waals surface area contributed by atoms with Crippen LogP contribution in [0.1, 0.15) is 5.56 Å². The van der Waals surface area contributed by atoms with Gasteiger partial charge in [-0.15, -0.1) is 0 Å². The Morgan fingerprint density at radius 1 is 0.853 bits per heavy atom. The van der Waals surface area contributed by atoms with E-state index in [9.17, 15) is 8.42 Å². The summed E-state index contributed by atoms with van der Waals surface area (Å²) < 4.78 is 39.7. The first-order valence-corrected chi connectivity index (χ1v) is 12.0. The van der Waals surface area contributed by atoms with Crippen molar-refractivity contribution in [3.63, 3.8) is 0 Å². The normalized spacial score (nSPS) is 11.7. The average Bonchev–Trinajstić information content (AvgIpc) is 3.13. The number of rotatable bonds is 6. The molecule has 0 radical (unpaired) electrons. The Hall–Kier alpha value is -4.11. The number of fused-ring (bicyclic) bond motifs is 2. The van der Waals surface area contributed by atoms with E-state index in [0.29, 0.717) is 28.2 Å². The summed E-state index contributed by atoms with van der Waals surface area (Å²) in [5.74, 6) is 1.22. The van der Waals surface area contributed by atoms with Gasteiger partial charge >= 0.3 is 0 Å². The van der Waals surface area contributed by atoms with Gasteiger partial charge < -0.3 is 19.8 Å². The van der Waals surface area contributed by atoms with Crippen LogP contribution < -0.4 is 15.2 Å². The SMILES string of the molecule is COc1ccc(Cn2c(N)c(S(=O)(=O)c3ccccc3)c3nc4ccccc4nc32)cc1OC. The summed E-state index contributed by atoms with van der Waals surface area (Å²) in [7, 11) is -0.828. The highest BCUT2D eigenvalue weighted by atomic mass is 32.2. The molecule has 5 aromatic rings. The highest BCUT2D eigenvalue weighted by molar-refractivity contribution is 7.92. The molecule has 0 fully saturated rings. The van der Waals surface area contributed by atoms with Gasteiger partial charge in [0.2, 0.25) is 9.84 Å². The van der Waals surface area contributed by atoms with Crippen LogP contribution in [0.25, 0.3) is 22.2 Å². The summed E-state index contributed by atoms with van der Waals surface area (Å²) in [6, 6.07) is 21.0. The van der Waals surface area contributed by atoms with E-state index < -0.39 is 9.84 Å². The van der Waals surface area contributed by atoms with Crippen LogP contribution in [0.2, 0.25) is 0 Å². The van der Waals surface area contributed by atoms with Gasteiger partial charge in [-0.2, -0.15) is 0 Å². The molecule has 2 heterocycles. The Bertz CT molecular complexity index is 1630. The molecule has 8 nitrogen and oxygen atoms in total. The van der Waals surface area contributed by atoms with Crippen molar-refractivity contribution in [1.82, 2.24) is 14.5 Å². The van der Waals surface area contributed by atoms with Crippen LogP contribution >= 0.6 is 0 Å². The maximum Gasteiger partial charge on any atom is 0.212 e. The molecule has 0 aliphatic heterocycles. The third-order valence-electron chi connectivity index (χ3n) is 5.66. The van der Waals surface area contributed by atoms with Gasteiger partial charge in [-0.3, -0.25) is 0 Å². The van der Waals surface area contributed by atoms with Crippen molar-refractivity contribution in [1.29, 1.82) is 0 Å². The predicted molar refractivity (Wildman–Crippen MR) is 130 cm³/mol. The quantitative estimate of drug-likeness (QED) is 0.395. The standard InChI is InChI=1S/C25H22N4O4S/c1-32-20-13-12-16(14-21(20)33-2)15-29-24(26)23(34(30,31)17-8-4-3-5-9-17)22-25(29)28-19-11-7-6-10-18(19)27-22/h3-14H,15,26H2,1-2H3. The third-order valence-corrected chi connectivity index (χ3v) is 7.49. The lowest BCUT2D eigenvalue weighted by Gasteiger charge is -2.12.